The molecule has 0 atom stereocenters. The number of hydrogen-bond acceptors (Lipinski definition) is 2. The van der Waals surface area contributed by atoms with Crippen LogP contribution >= 0.6 is 0 Å². The number of aryl methyl sites for hydroxylation is 2. The van der Waals surface area contributed by atoms with E-state index in [0.717, 1.165) is 24.1 Å². The highest BCUT2D eigenvalue weighted by Crippen LogP contribution is 2.35. The maximum Gasteiger partial charge on any atom is 0.256 e. The van der Waals surface area contributed by atoms with Gasteiger partial charge in [0.25, 0.3) is 5.91 Å². The lowest BCUT2D eigenvalue weighted by atomic mass is 9.98. The van der Waals surface area contributed by atoms with Crippen LogP contribution in [-0.2, 0) is 17.6 Å². The molecular formula is C17H16N2O2. The van der Waals surface area contributed by atoms with Gasteiger partial charge in [0.1, 0.15) is 5.75 Å². The summed E-state index contributed by atoms with van der Waals surface area (Å²) in [6, 6.07) is 7.10. The van der Waals surface area contributed by atoms with Crippen LogP contribution in [0.25, 0.3) is 11.6 Å². The largest absolute Gasteiger partial charge is 0.508 e. The minimum Gasteiger partial charge on any atom is -0.508 e. The van der Waals surface area contributed by atoms with E-state index in [9.17, 15) is 9.90 Å². The van der Waals surface area contributed by atoms with Crippen LogP contribution in [0.15, 0.2) is 24.3 Å². The average Bonchev–Trinajstić information content (AvgIpc) is 3.00. The van der Waals surface area contributed by atoms with Crippen LogP contribution in [0.1, 0.15) is 35.4 Å². The first-order valence-electron chi connectivity index (χ1n) is 7.28. The zero-order valence-electron chi connectivity index (χ0n) is 11.6. The van der Waals surface area contributed by atoms with Gasteiger partial charge in [-0.3, -0.25) is 4.79 Å². The summed E-state index contributed by atoms with van der Waals surface area (Å²) < 4.78 is 0. The number of H-pyrrole nitrogens is 1. The second-order valence-corrected chi connectivity index (χ2v) is 5.68. The van der Waals surface area contributed by atoms with Crippen molar-refractivity contribution in [3.63, 3.8) is 0 Å². The Morgan fingerprint density at radius 2 is 2.00 bits per heavy atom. The van der Waals surface area contributed by atoms with Crippen molar-refractivity contribution in [2.75, 3.05) is 5.32 Å². The zero-order chi connectivity index (χ0) is 14.4. The van der Waals surface area contributed by atoms with Gasteiger partial charge in [-0.1, -0.05) is 0 Å². The molecule has 3 N–H and O–H groups in total. The molecule has 2 heterocycles. The van der Waals surface area contributed by atoms with E-state index in [-0.39, 0.29) is 11.7 Å². The Labute approximate surface area is 122 Å². The summed E-state index contributed by atoms with van der Waals surface area (Å²) in [6.45, 7) is 0. The summed E-state index contributed by atoms with van der Waals surface area (Å²) in [6.07, 6.45) is 6.58. The molecule has 1 aromatic carbocycles. The molecule has 1 aromatic heterocycles. The second kappa shape index (κ2) is 4.52. The third-order valence-electron chi connectivity index (χ3n) is 4.22. The molecule has 21 heavy (non-hydrogen) atoms. The predicted octanol–water partition coefficient (Wildman–Crippen LogP) is 3.09. The minimum atomic E-state index is -0.122. The summed E-state index contributed by atoms with van der Waals surface area (Å²) in [5.41, 5.74) is 5.80. The molecule has 1 aliphatic carbocycles. The highest BCUT2D eigenvalue weighted by molar-refractivity contribution is 6.34. The Balaban J connectivity index is 1.76. The second-order valence-electron chi connectivity index (χ2n) is 5.68. The van der Waals surface area contributed by atoms with Crippen molar-refractivity contribution in [3.8, 4) is 5.75 Å². The predicted molar refractivity (Wildman–Crippen MR) is 82.0 cm³/mol. The number of aromatic hydroxyl groups is 1. The molecular weight excluding hydrogens is 264 g/mol. The normalized spacial score (nSPS) is 18.5. The number of fused-ring (bicyclic) bond motifs is 2. The number of rotatable bonds is 1. The van der Waals surface area contributed by atoms with Crippen molar-refractivity contribution in [2.24, 2.45) is 0 Å². The van der Waals surface area contributed by atoms with Gasteiger partial charge in [0.15, 0.2) is 0 Å². The molecule has 4 rings (SSSR count). The van der Waals surface area contributed by atoms with E-state index in [1.54, 1.807) is 18.2 Å². The average molecular weight is 280 g/mol. The van der Waals surface area contributed by atoms with Crippen LogP contribution in [-0.4, -0.2) is 16.0 Å². The summed E-state index contributed by atoms with van der Waals surface area (Å²) in [5, 5.41) is 12.3. The lowest BCUT2D eigenvalue weighted by Gasteiger charge is -2.08. The molecule has 4 nitrogen and oxygen atoms in total. The zero-order valence-corrected chi connectivity index (χ0v) is 11.6. The van der Waals surface area contributed by atoms with Gasteiger partial charge >= 0.3 is 0 Å². The lowest BCUT2D eigenvalue weighted by molar-refractivity contribution is -0.110. The van der Waals surface area contributed by atoms with Crippen LogP contribution in [0.3, 0.4) is 0 Å². The van der Waals surface area contributed by atoms with Crippen LogP contribution in [0.4, 0.5) is 5.69 Å². The molecule has 1 aliphatic heterocycles. The fourth-order valence-electron chi connectivity index (χ4n) is 3.19. The van der Waals surface area contributed by atoms with E-state index < -0.39 is 0 Å². The van der Waals surface area contributed by atoms with Gasteiger partial charge in [0, 0.05) is 23.0 Å². The van der Waals surface area contributed by atoms with E-state index in [2.05, 4.69) is 16.4 Å². The van der Waals surface area contributed by atoms with Gasteiger partial charge in [-0.2, -0.15) is 0 Å². The number of phenolic OH excluding ortho intramolecular Hbond substituents is 1. The smallest absolute Gasteiger partial charge is 0.256 e. The fraction of sp³-hybridized carbons (Fsp3) is 0.235. The van der Waals surface area contributed by atoms with Gasteiger partial charge in [-0.15, -0.1) is 0 Å². The van der Waals surface area contributed by atoms with Crippen molar-refractivity contribution >= 4 is 23.2 Å². The summed E-state index contributed by atoms with van der Waals surface area (Å²) in [7, 11) is 0. The number of nitrogens with one attached hydrogen (secondary N) is 2. The number of aromatic amines is 1. The standard InChI is InChI=1S/C17H16N2O2/c20-12-5-6-13-14(17(21)19-16(13)9-12)8-11-7-10-3-1-2-4-15(10)18-11/h5-9,18,20H,1-4H2,(H,19,21). The van der Waals surface area contributed by atoms with Crippen LogP contribution in [0.5, 0.6) is 5.75 Å². The molecule has 1 amide bonds. The van der Waals surface area contributed by atoms with E-state index in [1.807, 2.05) is 6.08 Å². The minimum absolute atomic E-state index is 0.122. The monoisotopic (exact) mass is 280 g/mol. The Hall–Kier alpha value is -2.49. The van der Waals surface area contributed by atoms with Gasteiger partial charge in [-0.05, 0) is 55.5 Å². The van der Waals surface area contributed by atoms with Crippen LogP contribution in [0, 0.1) is 0 Å². The fourth-order valence-corrected chi connectivity index (χ4v) is 3.19. The van der Waals surface area contributed by atoms with Crippen molar-refractivity contribution in [3.05, 3.63) is 46.8 Å². The molecule has 4 heteroatoms. The molecule has 2 aliphatic rings. The molecule has 0 fully saturated rings. The van der Waals surface area contributed by atoms with E-state index >= 15 is 0 Å². The molecule has 0 bridgehead atoms. The number of hydrogen-bond donors (Lipinski definition) is 3. The van der Waals surface area contributed by atoms with Gasteiger partial charge in [0.05, 0.1) is 11.3 Å². The third kappa shape index (κ3) is 2.03. The molecule has 2 aromatic rings. The van der Waals surface area contributed by atoms with Crippen molar-refractivity contribution < 1.29 is 9.90 Å². The molecule has 0 saturated heterocycles. The van der Waals surface area contributed by atoms with Crippen LogP contribution in [0.2, 0.25) is 0 Å². The highest BCUT2D eigenvalue weighted by Gasteiger charge is 2.24. The van der Waals surface area contributed by atoms with Crippen molar-refractivity contribution in [1.29, 1.82) is 0 Å². The van der Waals surface area contributed by atoms with Crippen molar-refractivity contribution in [2.45, 2.75) is 25.7 Å². The lowest BCUT2D eigenvalue weighted by Crippen LogP contribution is -2.03. The maximum atomic E-state index is 12.1. The number of phenols is 1. The number of benzene rings is 1. The Morgan fingerprint density at radius 1 is 1.14 bits per heavy atom. The van der Waals surface area contributed by atoms with Gasteiger partial charge < -0.3 is 15.4 Å². The summed E-state index contributed by atoms with van der Waals surface area (Å²) in [4.78, 5) is 15.5. The Kier molecular flexibility index (Phi) is 2.64. The van der Waals surface area contributed by atoms with E-state index in [4.69, 9.17) is 0 Å². The van der Waals surface area contributed by atoms with Crippen LogP contribution < -0.4 is 5.32 Å². The number of carbonyl (C=O) groups is 1. The summed E-state index contributed by atoms with van der Waals surface area (Å²) in [5.74, 6) is 0.0359. The topological polar surface area (TPSA) is 65.1 Å². The van der Waals surface area contributed by atoms with E-state index in [0.29, 0.717) is 11.3 Å². The van der Waals surface area contributed by atoms with Gasteiger partial charge in [-0.25, -0.2) is 0 Å². The summed E-state index contributed by atoms with van der Waals surface area (Å²) >= 11 is 0. The van der Waals surface area contributed by atoms with Gasteiger partial charge in [0.2, 0.25) is 0 Å². The first kappa shape index (κ1) is 12.3. The third-order valence-corrected chi connectivity index (χ3v) is 4.22. The SMILES string of the molecule is O=C1Nc2cc(O)ccc2C1=Cc1cc2c([nH]1)CCCC2. The molecule has 0 radical (unpaired) electrons. The Bertz CT molecular complexity index is 748. The number of amides is 1. The number of aromatic nitrogens is 1. The number of anilines is 1. The van der Waals surface area contributed by atoms with Crippen molar-refractivity contribution in [1.82, 2.24) is 4.98 Å². The van der Waals surface area contributed by atoms with E-state index in [1.165, 1.54) is 24.1 Å². The highest BCUT2D eigenvalue weighted by atomic mass is 16.3. The molecule has 106 valence electrons. The number of carbonyl (C=O) groups excluding carboxylic acids is 1. The first-order chi connectivity index (χ1) is 10.2. The first-order valence-corrected chi connectivity index (χ1v) is 7.28. The maximum absolute atomic E-state index is 12.1. The molecule has 0 spiro atoms. The Morgan fingerprint density at radius 3 is 2.86 bits per heavy atom. The molecule has 0 unspecified atom stereocenters. The molecule has 0 saturated carbocycles. The quantitative estimate of drug-likeness (QED) is 0.703.